The van der Waals surface area contributed by atoms with E-state index in [0.717, 1.165) is 43.1 Å². The molecule has 0 N–H and O–H groups in total. The highest BCUT2D eigenvalue weighted by atomic mass is 35.5. The predicted octanol–water partition coefficient (Wildman–Crippen LogP) is 4.32. The van der Waals surface area contributed by atoms with Gasteiger partial charge in [-0.3, -0.25) is 4.90 Å². The van der Waals surface area contributed by atoms with Gasteiger partial charge < -0.3 is 4.90 Å². The monoisotopic (exact) mass is 400 g/mol. The van der Waals surface area contributed by atoms with Gasteiger partial charge in [-0.2, -0.15) is 0 Å². The molecule has 2 aromatic carbocycles. The maximum atomic E-state index is 13.4. The van der Waals surface area contributed by atoms with Crippen LogP contribution in [0.15, 0.2) is 60.8 Å². The summed E-state index contributed by atoms with van der Waals surface area (Å²) in [5.41, 5.74) is 1.96. The van der Waals surface area contributed by atoms with Gasteiger partial charge in [0.2, 0.25) is 5.28 Å². The third-order valence-electron chi connectivity index (χ3n) is 4.99. The van der Waals surface area contributed by atoms with Crippen molar-refractivity contribution in [2.45, 2.75) is 6.04 Å². The minimum atomic E-state index is -0.271. The van der Waals surface area contributed by atoms with Gasteiger partial charge in [0, 0.05) is 32.4 Å². The number of anilines is 1. The van der Waals surface area contributed by atoms with E-state index in [-0.39, 0.29) is 23.0 Å². The van der Waals surface area contributed by atoms with Crippen LogP contribution in [0.4, 0.5) is 14.6 Å². The molecule has 0 atom stereocenters. The summed E-state index contributed by atoms with van der Waals surface area (Å²) in [4.78, 5) is 12.7. The fourth-order valence-corrected chi connectivity index (χ4v) is 3.76. The Kier molecular flexibility index (Phi) is 5.50. The SMILES string of the molecule is Fc1ccc(C(c2ccc(F)cc2)N2CCN(c3ccnc(Cl)n3)CC2)cc1. The molecule has 144 valence electrons. The van der Waals surface area contributed by atoms with Gasteiger partial charge in [-0.1, -0.05) is 24.3 Å². The minimum absolute atomic E-state index is 0.0719. The lowest BCUT2D eigenvalue weighted by molar-refractivity contribution is 0.212. The van der Waals surface area contributed by atoms with E-state index in [0.29, 0.717) is 0 Å². The second-order valence-electron chi connectivity index (χ2n) is 6.71. The van der Waals surface area contributed by atoms with Gasteiger partial charge in [-0.15, -0.1) is 0 Å². The number of piperazine rings is 1. The Hall–Kier alpha value is -2.57. The number of nitrogens with zero attached hydrogens (tertiary/aromatic N) is 4. The molecular weight excluding hydrogens is 382 g/mol. The molecule has 1 aliphatic heterocycles. The normalized spacial score (nSPS) is 15.2. The number of rotatable bonds is 4. The van der Waals surface area contributed by atoms with E-state index in [2.05, 4.69) is 19.8 Å². The molecule has 1 aromatic heterocycles. The Labute approximate surface area is 167 Å². The van der Waals surface area contributed by atoms with Crippen LogP contribution in [0.5, 0.6) is 0 Å². The van der Waals surface area contributed by atoms with Crippen LogP contribution < -0.4 is 4.90 Å². The van der Waals surface area contributed by atoms with Crippen LogP contribution in [-0.4, -0.2) is 41.0 Å². The van der Waals surface area contributed by atoms with Crippen molar-refractivity contribution in [2.75, 3.05) is 31.1 Å². The lowest BCUT2D eigenvalue weighted by Gasteiger charge is -2.40. The molecule has 2 heterocycles. The fraction of sp³-hybridized carbons (Fsp3) is 0.238. The van der Waals surface area contributed by atoms with Crippen molar-refractivity contribution in [3.63, 3.8) is 0 Å². The van der Waals surface area contributed by atoms with Crippen molar-refractivity contribution in [1.82, 2.24) is 14.9 Å². The van der Waals surface area contributed by atoms with E-state index in [9.17, 15) is 8.78 Å². The molecular formula is C21H19ClF2N4. The topological polar surface area (TPSA) is 32.3 Å². The summed E-state index contributed by atoms with van der Waals surface area (Å²) < 4.78 is 26.9. The lowest BCUT2D eigenvalue weighted by atomic mass is 9.96. The summed E-state index contributed by atoms with van der Waals surface area (Å²) in [6.45, 7) is 3.10. The van der Waals surface area contributed by atoms with Crippen LogP contribution in [0, 0.1) is 11.6 Å². The number of hydrogen-bond acceptors (Lipinski definition) is 4. The van der Waals surface area contributed by atoms with Gasteiger partial charge in [0.15, 0.2) is 0 Å². The second kappa shape index (κ2) is 8.20. The molecule has 1 saturated heterocycles. The van der Waals surface area contributed by atoms with E-state index in [4.69, 9.17) is 11.6 Å². The lowest BCUT2D eigenvalue weighted by Crippen LogP contribution is -2.48. The van der Waals surface area contributed by atoms with Crippen LogP contribution in [0.25, 0.3) is 0 Å². The summed E-state index contributed by atoms with van der Waals surface area (Å²) >= 11 is 5.91. The quantitative estimate of drug-likeness (QED) is 0.610. The number of hydrogen-bond donors (Lipinski definition) is 0. The molecule has 1 fully saturated rings. The maximum Gasteiger partial charge on any atom is 0.224 e. The first-order chi connectivity index (χ1) is 13.6. The average Bonchev–Trinajstić information content (AvgIpc) is 2.72. The highest BCUT2D eigenvalue weighted by Gasteiger charge is 2.27. The number of halogens is 3. The van der Waals surface area contributed by atoms with Gasteiger partial charge in [-0.05, 0) is 53.1 Å². The van der Waals surface area contributed by atoms with Crippen LogP contribution >= 0.6 is 11.6 Å². The Balaban J connectivity index is 1.57. The molecule has 28 heavy (non-hydrogen) atoms. The molecule has 0 unspecified atom stereocenters. The zero-order valence-corrected chi connectivity index (χ0v) is 15.9. The number of aromatic nitrogens is 2. The van der Waals surface area contributed by atoms with Crippen LogP contribution in [0.2, 0.25) is 5.28 Å². The van der Waals surface area contributed by atoms with Crippen LogP contribution in [0.3, 0.4) is 0 Å². The smallest absolute Gasteiger partial charge is 0.224 e. The largest absolute Gasteiger partial charge is 0.354 e. The van der Waals surface area contributed by atoms with Crippen molar-refractivity contribution in [3.05, 3.63) is 88.8 Å². The molecule has 0 bridgehead atoms. The van der Waals surface area contributed by atoms with Crippen molar-refractivity contribution in [3.8, 4) is 0 Å². The maximum absolute atomic E-state index is 13.4. The third-order valence-corrected chi connectivity index (χ3v) is 5.17. The summed E-state index contributed by atoms with van der Waals surface area (Å²) in [5.74, 6) is 0.263. The van der Waals surface area contributed by atoms with E-state index in [1.165, 1.54) is 24.3 Å². The summed E-state index contributed by atoms with van der Waals surface area (Å²) in [5, 5.41) is 0.232. The molecule has 3 aromatic rings. The van der Waals surface area contributed by atoms with Crippen molar-refractivity contribution in [1.29, 1.82) is 0 Å². The van der Waals surface area contributed by atoms with Crippen LogP contribution in [-0.2, 0) is 0 Å². The van der Waals surface area contributed by atoms with Gasteiger partial charge >= 0.3 is 0 Å². The second-order valence-corrected chi connectivity index (χ2v) is 7.05. The van der Waals surface area contributed by atoms with Crippen molar-refractivity contribution in [2.24, 2.45) is 0 Å². The minimum Gasteiger partial charge on any atom is -0.354 e. The highest BCUT2D eigenvalue weighted by molar-refractivity contribution is 6.28. The molecule has 1 aliphatic rings. The van der Waals surface area contributed by atoms with Gasteiger partial charge in [0.05, 0.1) is 6.04 Å². The van der Waals surface area contributed by atoms with E-state index < -0.39 is 0 Å². The Bertz CT molecular complexity index is 880. The molecule has 7 heteroatoms. The van der Waals surface area contributed by atoms with Gasteiger partial charge in [0.25, 0.3) is 0 Å². The first-order valence-corrected chi connectivity index (χ1v) is 9.46. The van der Waals surface area contributed by atoms with Crippen LogP contribution in [0.1, 0.15) is 17.2 Å². The summed E-state index contributed by atoms with van der Waals surface area (Å²) in [7, 11) is 0. The molecule has 0 amide bonds. The molecule has 0 saturated carbocycles. The Morgan fingerprint density at radius 3 is 1.82 bits per heavy atom. The van der Waals surface area contributed by atoms with E-state index in [1.54, 1.807) is 30.5 Å². The van der Waals surface area contributed by atoms with Crippen molar-refractivity contribution < 1.29 is 8.78 Å². The number of benzene rings is 2. The van der Waals surface area contributed by atoms with Gasteiger partial charge in [-0.25, -0.2) is 18.7 Å². The van der Waals surface area contributed by atoms with Gasteiger partial charge in [0.1, 0.15) is 17.5 Å². The zero-order valence-electron chi connectivity index (χ0n) is 15.1. The fourth-order valence-electron chi connectivity index (χ4n) is 3.62. The standard InChI is InChI=1S/C21H19ClF2N4/c22-21-25-10-9-19(26-21)27-11-13-28(14-12-27)20(15-1-5-17(23)6-2-15)16-3-7-18(24)8-4-16/h1-10,20H,11-14H2. The summed E-state index contributed by atoms with van der Waals surface area (Å²) in [6.07, 6.45) is 1.65. The molecule has 0 aliphatic carbocycles. The zero-order chi connectivity index (χ0) is 19.5. The Morgan fingerprint density at radius 1 is 0.786 bits per heavy atom. The average molecular weight is 401 g/mol. The predicted molar refractivity (Wildman–Crippen MR) is 105 cm³/mol. The van der Waals surface area contributed by atoms with Crippen molar-refractivity contribution >= 4 is 17.4 Å². The third kappa shape index (κ3) is 4.13. The first kappa shape index (κ1) is 18.8. The van der Waals surface area contributed by atoms with E-state index >= 15 is 0 Å². The molecule has 0 spiro atoms. The first-order valence-electron chi connectivity index (χ1n) is 9.08. The molecule has 4 nitrogen and oxygen atoms in total. The molecule has 4 rings (SSSR count). The molecule has 0 radical (unpaired) electrons. The summed E-state index contributed by atoms with van der Waals surface area (Å²) in [6, 6.07) is 14.8. The van der Waals surface area contributed by atoms with E-state index in [1.807, 2.05) is 6.07 Å². The Morgan fingerprint density at radius 2 is 1.32 bits per heavy atom. The highest BCUT2D eigenvalue weighted by Crippen LogP contribution is 2.30.